The summed E-state index contributed by atoms with van der Waals surface area (Å²) < 4.78 is 0. The number of aromatic nitrogens is 2. The van der Waals surface area contributed by atoms with Crippen LogP contribution < -0.4 is 0 Å². The highest BCUT2D eigenvalue weighted by Crippen LogP contribution is 2.27. The van der Waals surface area contributed by atoms with Gasteiger partial charge in [0.25, 0.3) is 0 Å². The van der Waals surface area contributed by atoms with Crippen LogP contribution >= 0.6 is 35.0 Å². The van der Waals surface area contributed by atoms with Crippen molar-refractivity contribution in [1.29, 1.82) is 0 Å². The molecule has 0 fully saturated rings. The first-order valence-corrected chi connectivity index (χ1v) is 7.98. The summed E-state index contributed by atoms with van der Waals surface area (Å²) in [5.41, 5.74) is 2.23. The Morgan fingerprint density at radius 3 is 2.33 bits per heavy atom. The fourth-order valence-corrected chi connectivity index (χ4v) is 3.31. The summed E-state index contributed by atoms with van der Waals surface area (Å²) in [6, 6.07) is 6.77. The van der Waals surface area contributed by atoms with Gasteiger partial charge in [-0.05, 0) is 45.0 Å². The summed E-state index contributed by atoms with van der Waals surface area (Å²) in [7, 11) is 0. The van der Waals surface area contributed by atoms with E-state index in [2.05, 4.69) is 9.97 Å². The molecule has 0 radical (unpaired) electrons. The predicted molar refractivity (Wildman–Crippen MR) is 87.6 cm³/mol. The number of hydrogen-bond acceptors (Lipinski definition) is 4. The normalized spacial score (nSPS) is 12.2. The molecule has 1 heterocycles. The first kappa shape index (κ1) is 16.3. The molecule has 0 spiro atoms. The average molecular weight is 341 g/mol. The van der Waals surface area contributed by atoms with Crippen molar-refractivity contribution in [3.05, 3.63) is 51.3 Å². The summed E-state index contributed by atoms with van der Waals surface area (Å²) in [5, 5.41) is 1.14. The first-order chi connectivity index (χ1) is 9.86. The van der Waals surface area contributed by atoms with E-state index in [9.17, 15) is 4.79 Å². The van der Waals surface area contributed by atoms with Crippen LogP contribution in [0.5, 0.6) is 0 Å². The van der Waals surface area contributed by atoms with Crippen molar-refractivity contribution in [3.8, 4) is 0 Å². The Hall–Kier alpha value is -1.10. The van der Waals surface area contributed by atoms with Gasteiger partial charge in [-0.2, -0.15) is 0 Å². The van der Waals surface area contributed by atoms with E-state index in [1.165, 1.54) is 11.8 Å². The molecular weight excluding hydrogens is 327 g/mol. The van der Waals surface area contributed by atoms with Crippen LogP contribution in [0.4, 0.5) is 0 Å². The summed E-state index contributed by atoms with van der Waals surface area (Å²) >= 11 is 13.2. The molecule has 2 rings (SSSR count). The highest BCUT2D eigenvalue weighted by molar-refractivity contribution is 8.00. The molecule has 0 amide bonds. The van der Waals surface area contributed by atoms with Crippen LogP contribution in [0.15, 0.2) is 29.4 Å². The van der Waals surface area contributed by atoms with Gasteiger partial charge in [0.05, 0.1) is 10.3 Å². The van der Waals surface area contributed by atoms with E-state index in [-0.39, 0.29) is 11.0 Å². The number of carbonyl (C=O) groups excluding carboxylic acids is 1. The van der Waals surface area contributed by atoms with E-state index >= 15 is 0 Å². The number of ketones is 1. The zero-order valence-corrected chi connectivity index (χ0v) is 14.2. The zero-order valence-electron chi connectivity index (χ0n) is 11.9. The maximum absolute atomic E-state index is 12.4. The molecule has 2 aromatic rings. The molecule has 0 aliphatic heterocycles. The van der Waals surface area contributed by atoms with Gasteiger partial charge in [-0.1, -0.05) is 35.0 Å². The minimum Gasteiger partial charge on any atom is -0.293 e. The molecule has 6 heteroatoms. The maximum atomic E-state index is 12.4. The first-order valence-electron chi connectivity index (χ1n) is 6.35. The van der Waals surface area contributed by atoms with E-state index in [4.69, 9.17) is 23.2 Å². The molecule has 0 bridgehead atoms. The van der Waals surface area contributed by atoms with Crippen molar-refractivity contribution in [1.82, 2.24) is 9.97 Å². The monoisotopic (exact) mass is 340 g/mol. The minimum atomic E-state index is -0.329. The number of Topliss-reactive ketones (excluding diaryl/α,β-unsaturated/α-hetero) is 1. The smallest absolute Gasteiger partial charge is 0.188 e. The number of benzene rings is 1. The maximum Gasteiger partial charge on any atom is 0.188 e. The van der Waals surface area contributed by atoms with Crippen LogP contribution in [0.3, 0.4) is 0 Å². The van der Waals surface area contributed by atoms with Crippen LogP contribution in [0, 0.1) is 13.8 Å². The molecule has 0 aliphatic rings. The lowest BCUT2D eigenvalue weighted by Crippen LogP contribution is -2.14. The lowest BCUT2D eigenvalue weighted by molar-refractivity contribution is 0.0994. The van der Waals surface area contributed by atoms with E-state index in [1.807, 2.05) is 26.8 Å². The average Bonchev–Trinajstić information content (AvgIpc) is 2.36. The highest BCUT2D eigenvalue weighted by atomic mass is 35.5. The Balaban J connectivity index is 2.19. The third-order valence-electron chi connectivity index (χ3n) is 2.81. The second-order valence-corrected chi connectivity index (χ2v) is 6.83. The summed E-state index contributed by atoms with van der Waals surface area (Å²) in [6.45, 7) is 5.63. The molecule has 1 atom stereocenters. The van der Waals surface area contributed by atoms with E-state index in [0.717, 1.165) is 11.4 Å². The standard InChI is InChI=1S/C15H14Cl2N2OS/c1-8-6-9(2)19-15(18-8)21-10(3)14(20)12-5-4-11(16)7-13(12)17/h4-7,10H,1-3H3. The Labute approximate surface area is 138 Å². The molecule has 21 heavy (non-hydrogen) atoms. The molecule has 0 N–H and O–H groups in total. The van der Waals surface area contributed by atoms with Gasteiger partial charge in [0.1, 0.15) is 0 Å². The molecule has 1 aromatic heterocycles. The van der Waals surface area contributed by atoms with Gasteiger partial charge in [-0.25, -0.2) is 9.97 Å². The number of halogens is 2. The number of aryl methyl sites for hydroxylation is 2. The Bertz CT molecular complexity index is 671. The Morgan fingerprint density at radius 1 is 1.14 bits per heavy atom. The lowest BCUT2D eigenvalue weighted by Gasteiger charge is -2.11. The van der Waals surface area contributed by atoms with Crippen molar-refractivity contribution in [2.24, 2.45) is 0 Å². The lowest BCUT2D eigenvalue weighted by atomic mass is 10.1. The molecule has 3 nitrogen and oxygen atoms in total. The van der Waals surface area contributed by atoms with Crippen LogP contribution in [0.25, 0.3) is 0 Å². The zero-order chi connectivity index (χ0) is 15.6. The van der Waals surface area contributed by atoms with Gasteiger partial charge in [-0.15, -0.1) is 0 Å². The van der Waals surface area contributed by atoms with Gasteiger partial charge in [0.15, 0.2) is 10.9 Å². The SMILES string of the molecule is Cc1cc(C)nc(SC(C)C(=O)c2ccc(Cl)cc2Cl)n1. The topological polar surface area (TPSA) is 42.9 Å². The third kappa shape index (κ3) is 4.19. The van der Waals surface area contributed by atoms with Crippen molar-refractivity contribution in [3.63, 3.8) is 0 Å². The van der Waals surface area contributed by atoms with Gasteiger partial charge >= 0.3 is 0 Å². The van der Waals surface area contributed by atoms with Crippen LogP contribution in [-0.4, -0.2) is 21.0 Å². The van der Waals surface area contributed by atoms with Gasteiger partial charge in [0.2, 0.25) is 0 Å². The quantitative estimate of drug-likeness (QED) is 0.457. The molecule has 0 aliphatic carbocycles. The molecule has 1 unspecified atom stereocenters. The summed E-state index contributed by atoms with van der Waals surface area (Å²) in [4.78, 5) is 21.1. The highest BCUT2D eigenvalue weighted by Gasteiger charge is 2.20. The summed E-state index contributed by atoms with van der Waals surface area (Å²) in [6.07, 6.45) is 0. The molecule has 0 saturated carbocycles. The van der Waals surface area contributed by atoms with Crippen LogP contribution in [-0.2, 0) is 0 Å². The van der Waals surface area contributed by atoms with Gasteiger partial charge in [0, 0.05) is 22.0 Å². The molecule has 0 saturated heterocycles. The minimum absolute atomic E-state index is 0.0653. The Kier molecular flexibility index (Phi) is 5.25. The fraction of sp³-hybridized carbons (Fsp3) is 0.267. The number of thioether (sulfide) groups is 1. The molecule has 1 aromatic carbocycles. The molecular formula is C15H14Cl2N2OS. The van der Waals surface area contributed by atoms with Crippen molar-refractivity contribution in [2.75, 3.05) is 0 Å². The van der Waals surface area contributed by atoms with Crippen LogP contribution in [0.2, 0.25) is 10.0 Å². The summed E-state index contributed by atoms with van der Waals surface area (Å²) in [5.74, 6) is -0.0653. The number of nitrogens with zero attached hydrogens (tertiary/aromatic N) is 2. The van der Waals surface area contributed by atoms with E-state index in [1.54, 1.807) is 18.2 Å². The fourth-order valence-electron chi connectivity index (χ4n) is 1.87. The number of rotatable bonds is 4. The predicted octanol–water partition coefficient (Wildman–Crippen LogP) is 4.76. The Morgan fingerprint density at radius 2 is 1.76 bits per heavy atom. The largest absolute Gasteiger partial charge is 0.293 e. The van der Waals surface area contributed by atoms with Crippen LogP contribution in [0.1, 0.15) is 28.7 Å². The second kappa shape index (κ2) is 6.77. The molecule has 110 valence electrons. The van der Waals surface area contributed by atoms with Gasteiger partial charge < -0.3 is 0 Å². The van der Waals surface area contributed by atoms with E-state index < -0.39 is 0 Å². The number of hydrogen-bond donors (Lipinski definition) is 0. The third-order valence-corrected chi connectivity index (χ3v) is 4.32. The van der Waals surface area contributed by atoms with E-state index in [0.29, 0.717) is 20.8 Å². The van der Waals surface area contributed by atoms with Crippen molar-refractivity contribution >= 4 is 40.7 Å². The van der Waals surface area contributed by atoms with Gasteiger partial charge in [-0.3, -0.25) is 4.79 Å². The van der Waals surface area contributed by atoms with Crippen molar-refractivity contribution < 1.29 is 4.79 Å². The second-order valence-electron chi connectivity index (χ2n) is 4.68. The van der Waals surface area contributed by atoms with Crippen molar-refractivity contribution in [2.45, 2.75) is 31.2 Å². The number of carbonyl (C=O) groups is 1.